The summed E-state index contributed by atoms with van der Waals surface area (Å²) in [5.74, 6) is 0.663. The number of amides is 1. The summed E-state index contributed by atoms with van der Waals surface area (Å²) in [5.41, 5.74) is 2.36. The normalized spacial score (nSPS) is 11.8. The number of carbonyl (C=O) groups excluding carboxylic acids is 1. The van der Waals surface area contributed by atoms with Crippen LogP contribution in [0.15, 0.2) is 48.5 Å². The second kappa shape index (κ2) is 10.1. The van der Waals surface area contributed by atoms with Gasteiger partial charge >= 0.3 is 0 Å². The third-order valence-electron chi connectivity index (χ3n) is 4.15. The Hall–Kier alpha value is -2.00. The van der Waals surface area contributed by atoms with Gasteiger partial charge in [-0.25, -0.2) is 0 Å². The number of ether oxygens (including phenoxy) is 1. The largest absolute Gasteiger partial charge is 0.481 e. The predicted octanol–water partition coefficient (Wildman–Crippen LogP) is 4.81. The van der Waals surface area contributed by atoms with Gasteiger partial charge in [0, 0.05) is 11.6 Å². The maximum absolute atomic E-state index is 12.3. The molecule has 0 saturated heterocycles. The molecule has 3 nitrogen and oxygen atoms in total. The predicted molar refractivity (Wildman–Crippen MR) is 103 cm³/mol. The van der Waals surface area contributed by atoms with Gasteiger partial charge < -0.3 is 10.1 Å². The molecule has 25 heavy (non-hydrogen) atoms. The van der Waals surface area contributed by atoms with Crippen LogP contribution in [0, 0.1) is 0 Å². The second-order valence-electron chi connectivity index (χ2n) is 6.00. The van der Waals surface area contributed by atoms with Gasteiger partial charge in [0.05, 0.1) is 0 Å². The average molecular weight is 360 g/mol. The van der Waals surface area contributed by atoms with Crippen molar-refractivity contribution in [1.82, 2.24) is 5.32 Å². The lowest BCUT2D eigenvalue weighted by Gasteiger charge is -2.17. The molecule has 0 aromatic heterocycles. The molecule has 2 aromatic carbocycles. The first-order chi connectivity index (χ1) is 12.1. The molecule has 0 heterocycles. The van der Waals surface area contributed by atoms with Gasteiger partial charge in [-0.2, -0.15) is 0 Å². The van der Waals surface area contributed by atoms with Crippen molar-refractivity contribution in [1.29, 1.82) is 0 Å². The van der Waals surface area contributed by atoms with E-state index in [4.69, 9.17) is 16.3 Å². The number of aryl methyl sites for hydroxylation is 2. The van der Waals surface area contributed by atoms with E-state index in [9.17, 15) is 4.79 Å². The zero-order valence-electron chi connectivity index (χ0n) is 14.9. The van der Waals surface area contributed by atoms with Crippen LogP contribution in [-0.4, -0.2) is 18.6 Å². The second-order valence-corrected chi connectivity index (χ2v) is 6.41. The van der Waals surface area contributed by atoms with Gasteiger partial charge in [0.1, 0.15) is 5.75 Å². The fourth-order valence-electron chi connectivity index (χ4n) is 2.60. The molecule has 0 spiro atoms. The molecular weight excluding hydrogens is 334 g/mol. The Bertz CT molecular complexity index is 670. The van der Waals surface area contributed by atoms with Crippen molar-refractivity contribution < 1.29 is 9.53 Å². The Morgan fingerprint density at radius 1 is 1.12 bits per heavy atom. The Labute approximate surface area is 155 Å². The lowest BCUT2D eigenvalue weighted by molar-refractivity contribution is -0.128. The van der Waals surface area contributed by atoms with Crippen molar-refractivity contribution in [3.63, 3.8) is 0 Å². The van der Waals surface area contributed by atoms with Gasteiger partial charge in [0.25, 0.3) is 5.91 Å². The van der Waals surface area contributed by atoms with Crippen LogP contribution in [0.4, 0.5) is 0 Å². The van der Waals surface area contributed by atoms with Crippen LogP contribution in [-0.2, 0) is 17.6 Å². The summed E-state index contributed by atoms with van der Waals surface area (Å²) in [5, 5.41) is 3.74. The van der Waals surface area contributed by atoms with Gasteiger partial charge in [-0.15, -0.1) is 0 Å². The highest BCUT2D eigenvalue weighted by molar-refractivity contribution is 6.31. The van der Waals surface area contributed by atoms with Gasteiger partial charge in [-0.1, -0.05) is 55.8 Å². The zero-order chi connectivity index (χ0) is 18.1. The lowest BCUT2D eigenvalue weighted by atomic mass is 10.1. The first-order valence-electron chi connectivity index (χ1n) is 8.90. The van der Waals surface area contributed by atoms with E-state index in [2.05, 4.69) is 12.2 Å². The van der Waals surface area contributed by atoms with E-state index >= 15 is 0 Å². The molecule has 1 unspecified atom stereocenters. The summed E-state index contributed by atoms with van der Waals surface area (Å²) >= 11 is 6.14. The molecule has 0 aliphatic rings. The van der Waals surface area contributed by atoms with E-state index in [0.717, 1.165) is 35.6 Å². The smallest absolute Gasteiger partial charge is 0.261 e. The summed E-state index contributed by atoms with van der Waals surface area (Å²) in [6, 6.07) is 15.7. The van der Waals surface area contributed by atoms with Crippen LogP contribution in [0.25, 0.3) is 0 Å². The quantitative estimate of drug-likeness (QED) is 0.652. The number of hydrogen-bond donors (Lipinski definition) is 1. The first-order valence-corrected chi connectivity index (χ1v) is 9.28. The van der Waals surface area contributed by atoms with E-state index in [1.165, 1.54) is 5.56 Å². The van der Waals surface area contributed by atoms with E-state index < -0.39 is 6.10 Å². The number of halogens is 1. The van der Waals surface area contributed by atoms with Gasteiger partial charge in [-0.05, 0) is 55.0 Å². The maximum Gasteiger partial charge on any atom is 0.261 e. The lowest BCUT2D eigenvalue weighted by Crippen LogP contribution is -2.38. The van der Waals surface area contributed by atoms with E-state index in [-0.39, 0.29) is 5.91 Å². The highest BCUT2D eigenvalue weighted by atomic mass is 35.5. The molecule has 0 aliphatic carbocycles. The number of nitrogens with one attached hydrogen (secondary N) is 1. The molecule has 0 bridgehead atoms. The zero-order valence-corrected chi connectivity index (χ0v) is 15.7. The SMILES string of the molecule is CCc1ccc(OC(CC)C(=O)NCCCc2ccccc2Cl)cc1. The molecule has 0 radical (unpaired) electrons. The van der Waals surface area contributed by atoms with Crippen LogP contribution in [0.3, 0.4) is 0 Å². The van der Waals surface area contributed by atoms with Crippen molar-refractivity contribution in [2.45, 2.75) is 45.6 Å². The van der Waals surface area contributed by atoms with E-state index in [0.29, 0.717) is 13.0 Å². The van der Waals surface area contributed by atoms with E-state index in [1.807, 2.05) is 55.5 Å². The van der Waals surface area contributed by atoms with Crippen molar-refractivity contribution in [3.05, 3.63) is 64.7 Å². The highest BCUT2D eigenvalue weighted by Crippen LogP contribution is 2.17. The van der Waals surface area contributed by atoms with Gasteiger partial charge in [-0.3, -0.25) is 4.79 Å². The molecule has 134 valence electrons. The van der Waals surface area contributed by atoms with Crippen LogP contribution < -0.4 is 10.1 Å². The molecule has 2 rings (SSSR count). The van der Waals surface area contributed by atoms with Gasteiger partial charge in [0.15, 0.2) is 6.10 Å². The minimum atomic E-state index is -0.465. The highest BCUT2D eigenvalue weighted by Gasteiger charge is 2.17. The monoisotopic (exact) mass is 359 g/mol. The minimum Gasteiger partial charge on any atom is -0.481 e. The van der Waals surface area contributed by atoms with Crippen molar-refractivity contribution in [3.8, 4) is 5.75 Å². The molecule has 1 amide bonds. The fraction of sp³-hybridized carbons (Fsp3) is 0.381. The summed E-state index contributed by atoms with van der Waals surface area (Å²) in [6.45, 7) is 4.67. The number of benzene rings is 2. The van der Waals surface area contributed by atoms with Crippen LogP contribution in [0.5, 0.6) is 5.75 Å². The Morgan fingerprint density at radius 2 is 1.84 bits per heavy atom. The third kappa shape index (κ3) is 6.09. The van der Waals surface area contributed by atoms with Gasteiger partial charge in [0.2, 0.25) is 0 Å². The van der Waals surface area contributed by atoms with Crippen molar-refractivity contribution >= 4 is 17.5 Å². The molecule has 0 saturated carbocycles. The first kappa shape index (κ1) is 19.3. The summed E-state index contributed by atoms with van der Waals surface area (Å²) in [4.78, 5) is 12.3. The number of rotatable bonds is 9. The molecule has 2 aromatic rings. The molecule has 0 aliphatic heterocycles. The van der Waals surface area contributed by atoms with Crippen LogP contribution in [0.1, 0.15) is 37.8 Å². The number of carbonyl (C=O) groups is 1. The Kier molecular flexibility index (Phi) is 7.80. The van der Waals surface area contributed by atoms with Crippen LogP contribution >= 0.6 is 11.6 Å². The summed E-state index contributed by atoms with van der Waals surface area (Å²) < 4.78 is 5.83. The molecule has 1 atom stereocenters. The summed E-state index contributed by atoms with van der Waals surface area (Å²) in [6.07, 6.45) is 2.84. The molecular formula is C21H26ClNO2. The molecule has 1 N–H and O–H groups in total. The Morgan fingerprint density at radius 3 is 2.48 bits per heavy atom. The van der Waals surface area contributed by atoms with Crippen molar-refractivity contribution in [2.24, 2.45) is 0 Å². The maximum atomic E-state index is 12.3. The topological polar surface area (TPSA) is 38.3 Å². The van der Waals surface area contributed by atoms with Crippen molar-refractivity contribution in [2.75, 3.05) is 6.54 Å². The fourth-order valence-corrected chi connectivity index (χ4v) is 2.83. The van der Waals surface area contributed by atoms with Crippen LogP contribution in [0.2, 0.25) is 5.02 Å². The van der Waals surface area contributed by atoms with E-state index in [1.54, 1.807) is 0 Å². The Balaban J connectivity index is 1.78. The third-order valence-corrected chi connectivity index (χ3v) is 4.52. The summed E-state index contributed by atoms with van der Waals surface area (Å²) in [7, 11) is 0. The molecule has 4 heteroatoms. The number of hydrogen-bond acceptors (Lipinski definition) is 2. The molecule has 0 fully saturated rings. The minimum absolute atomic E-state index is 0.0683. The standard InChI is InChI=1S/C21H26ClNO2/c1-3-16-11-13-18(14-12-16)25-20(4-2)21(24)23-15-7-9-17-8-5-6-10-19(17)22/h5-6,8,10-14,20H,3-4,7,9,15H2,1-2H3,(H,23,24). The average Bonchev–Trinajstić information content (AvgIpc) is 2.65.